The molecule has 23 heavy (non-hydrogen) atoms. The topological polar surface area (TPSA) is 62.9 Å². The van der Waals surface area contributed by atoms with Crippen molar-refractivity contribution in [3.05, 3.63) is 36.1 Å². The Morgan fingerprint density at radius 2 is 1.96 bits per heavy atom. The predicted molar refractivity (Wildman–Crippen MR) is 87.2 cm³/mol. The molecule has 1 N–H and O–H groups in total. The average Bonchev–Trinajstić information content (AvgIpc) is 2.94. The van der Waals surface area contributed by atoms with Gasteiger partial charge in [-0.15, -0.1) is 0 Å². The van der Waals surface area contributed by atoms with E-state index in [-0.39, 0.29) is 6.09 Å². The number of benzene rings is 1. The number of para-hydroxylation sites is 1. The Morgan fingerprint density at radius 1 is 1.26 bits per heavy atom. The van der Waals surface area contributed by atoms with Crippen LogP contribution in [0, 0.1) is 0 Å². The van der Waals surface area contributed by atoms with Crippen LogP contribution in [0.1, 0.15) is 39.2 Å². The lowest BCUT2D eigenvalue weighted by atomic mass is 9.84. The Morgan fingerprint density at radius 3 is 2.61 bits per heavy atom. The Bertz CT molecular complexity index is 705. The maximum Gasteiger partial charge on any atom is 0.410 e. The summed E-state index contributed by atoms with van der Waals surface area (Å²) in [4.78, 5) is 13.8. The van der Waals surface area contributed by atoms with Crippen molar-refractivity contribution in [2.75, 3.05) is 13.1 Å². The number of fused-ring (bicyclic) bond motifs is 1. The van der Waals surface area contributed by atoms with E-state index in [1.54, 1.807) is 11.2 Å². The molecule has 0 atom stereocenters. The molecule has 1 fully saturated rings. The summed E-state index contributed by atoms with van der Waals surface area (Å²) in [6, 6.07) is 7.67. The quantitative estimate of drug-likeness (QED) is 0.872. The Hall–Kier alpha value is -2.01. The first-order valence-electron chi connectivity index (χ1n) is 7.96. The maximum atomic E-state index is 12.1. The number of piperidine rings is 1. The zero-order chi connectivity index (χ0) is 16.7. The number of amides is 1. The summed E-state index contributed by atoms with van der Waals surface area (Å²) in [5, 5.41) is 12.0. The third-order valence-corrected chi connectivity index (χ3v) is 4.22. The highest BCUT2D eigenvalue weighted by atomic mass is 16.6. The van der Waals surface area contributed by atoms with Crippen molar-refractivity contribution < 1.29 is 19.1 Å². The van der Waals surface area contributed by atoms with Crippen LogP contribution in [0.2, 0.25) is 0 Å². The molecule has 124 valence electrons. The van der Waals surface area contributed by atoms with Gasteiger partial charge < -0.3 is 19.2 Å². The minimum absolute atomic E-state index is 0.323. The highest BCUT2D eigenvalue weighted by Gasteiger charge is 2.38. The smallest absolute Gasteiger partial charge is 0.410 e. The number of hydrogen-bond donors (Lipinski definition) is 1. The molecule has 1 saturated heterocycles. The fourth-order valence-corrected chi connectivity index (χ4v) is 3.01. The fraction of sp³-hybridized carbons (Fsp3) is 0.500. The summed E-state index contributed by atoms with van der Waals surface area (Å²) in [7, 11) is 0. The lowest BCUT2D eigenvalue weighted by Gasteiger charge is -2.38. The molecule has 0 spiro atoms. The molecule has 0 bridgehead atoms. The lowest BCUT2D eigenvalue weighted by molar-refractivity contribution is -0.0352. The van der Waals surface area contributed by atoms with Crippen molar-refractivity contribution in [2.24, 2.45) is 0 Å². The van der Waals surface area contributed by atoms with Crippen LogP contribution in [0.3, 0.4) is 0 Å². The first-order chi connectivity index (χ1) is 10.8. The molecule has 2 heterocycles. The Kier molecular flexibility index (Phi) is 3.84. The fourth-order valence-electron chi connectivity index (χ4n) is 3.01. The van der Waals surface area contributed by atoms with Gasteiger partial charge in [-0.3, -0.25) is 0 Å². The van der Waals surface area contributed by atoms with Crippen molar-refractivity contribution in [1.29, 1.82) is 0 Å². The van der Waals surface area contributed by atoms with Gasteiger partial charge in [0.1, 0.15) is 11.2 Å². The molecule has 3 rings (SSSR count). The van der Waals surface area contributed by atoms with E-state index in [0.717, 1.165) is 16.5 Å². The van der Waals surface area contributed by atoms with E-state index < -0.39 is 11.2 Å². The van der Waals surface area contributed by atoms with Crippen molar-refractivity contribution in [2.45, 2.75) is 44.8 Å². The molecule has 0 saturated carbocycles. The average molecular weight is 317 g/mol. The first-order valence-corrected chi connectivity index (χ1v) is 7.96. The molecular formula is C18H23NO4. The van der Waals surface area contributed by atoms with Crippen molar-refractivity contribution >= 4 is 17.1 Å². The van der Waals surface area contributed by atoms with Gasteiger partial charge in [-0.05, 0) is 39.7 Å². The molecule has 1 amide bonds. The number of rotatable bonds is 1. The normalized spacial score (nSPS) is 18.2. The van der Waals surface area contributed by atoms with Crippen LogP contribution in [0.5, 0.6) is 0 Å². The number of carbonyl (C=O) groups is 1. The summed E-state index contributed by atoms with van der Waals surface area (Å²) in [5.74, 6) is 0. The van der Waals surface area contributed by atoms with Crippen LogP contribution < -0.4 is 0 Å². The largest absolute Gasteiger partial charge is 0.464 e. The number of hydrogen-bond acceptors (Lipinski definition) is 4. The molecule has 1 aromatic heterocycles. The molecule has 1 aromatic carbocycles. The monoisotopic (exact) mass is 317 g/mol. The summed E-state index contributed by atoms with van der Waals surface area (Å²) in [6.45, 7) is 6.47. The van der Waals surface area contributed by atoms with Crippen molar-refractivity contribution in [3.8, 4) is 0 Å². The minimum atomic E-state index is -0.976. The lowest BCUT2D eigenvalue weighted by Crippen LogP contribution is -2.46. The van der Waals surface area contributed by atoms with E-state index in [4.69, 9.17) is 9.15 Å². The van der Waals surface area contributed by atoms with Gasteiger partial charge in [0.05, 0.1) is 11.9 Å². The highest BCUT2D eigenvalue weighted by Crippen LogP contribution is 2.37. The number of ether oxygens (including phenoxy) is 1. The molecule has 0 radical (unpaired) electrons. The van der Waals surface area contributed by atoms with Gasteiger partial charge in [0.25, 0.3) is 0 Å². The van der Waals surface area contributed by atoms with Crippen molar-refractivity contribution in [3.63, 3.8) is 0 Å². The maximum absolute atomic E-state index is 12.1. The zero-order valence-electron chi connectivity index (χ0n) is 13.8. The number of likely N-dealkylation sites (tertiary alicyclic amines) is 1. The SMILES string of the molecule is CC(C)(C)OC(=O)N1CCC(O)(c2cccc3ccoc23)CC1. The van der Waals surface area contributed by atoms with Crippen LogP contribution in [0.4, 0.5) is 4.79 Å². The summed E-state index contributed by atoms with van der Waals surface area (Å²) in [5.41, 5.74) is 0.0325. The zero-order valence-corrected chi connectivity index (χ0v) is 13.8. The van der Waals surface area contributed by atoms with Crippen molar-refractivity contribution in [1.82, 2.24) is 4.90 Å². The van der Waals surface area contributed by atoms with Gasteiger partial charge in [-0.25, -0.2) is 4.79 Å². The Labute approximate surface area is 135 Å². The molecular weight excluding hydrogens is 294 g/mol. The molecule has 0 unspecified atom stereocenters. The standard InChI is InChI=1S/C18H23NO4/c1-17(2,3)23-16(20)19-10-8-18(21,9-11-19)14-6-4-5-13-7-12-22-15(13)14/h4-7,12,21H,8-11H2,1-3H3. The molecule has 0 aliphatic carbocycles. The predicted octanol–water partition coefficient (Wildman–Crippen LogP) is 3.65. The summed E-state index contributed by atoms with van der Waals surface area (Å²) in [6.07, 6.45) is 2.24. The van der Waals surface area contributed by atoms with Crippen LogP contribution in [0.25, 0.3) is 11.0 Å². The molecule has 5 nitrogen and oxygen atoms in total. The van der Waals surface area contributed by atoms with Gasteiger partial charge in [0.15, 0.2) is 0 Å². The van der Waals surface area contributed by atoms with E-state index in [2.05, 4.69) is 0 Å². The summed E-state index contributed by atoms with van der Waals surface area (Å²) < 4.78 is 10.9. The second-order valence-corrected chi connectivity index (χ2v) is 7.14. The second kappa shape index (κ2) is 5.57. The van der Waals surface area contributed by atoms with Crippen LogP contribution in [-0.4, -0.2) is 34.8 Å². The van der Waals surface area contributed by atoms with Crippen LogP contribution in [0.15, 0.2) is 34.9 Å². The Balaban J connectivity index is 1.75. The van der Waals surface area contributed by atoms with Crippen LogP contribution >= 0.6 is 0 Å². The van der Waals surface area contributed by atoms with E-state index in [0.29, 0.717) is 25.9 Å². The first kappa shape index (κ1) is 15.9. The second-order valence-electron chi connectivity index (χ2n) is 7.14. The van der Waals surface area contributed by atoms with Gasteiger partial charge in [0, 0.05) is 24.0 Å². The van der Waals surface area contributed by atoms with Gasteiger partial charge in [0.2, 0.25) is 0 Å². The highest BCUT2D eigenvalue weighted by molar-refractivity contribution is 5.81. The molecule has 1 aliphatic rings. The number of aliphatic hydroxyl groups is 1. The molecule has 2 aromatic rings. The van der Waals surface area contributed by atoms with Gasteiger partial charge >= 0.3 is 6.09 Å². The van der Waals surface area contributed by atoms with E-state index in [1.165, 1.54) is 0 Å². The minimum Gasteiger partial charge on any atom is -0.464 e. The number of nitrogens with zero attached hydrogens (tertiary/aromatic N) is 1. The van der Waals surface area contributed by atoms with Gasteiger partial charge in [-0.2, -0.15) is 0 Å². The molecule has 5 heteroatoms. The van der Waals surface area contributed by atoms with Gasteiger partial charge in [-0.1, -0.05) is 18.2 Å². The van der Waals surface area contributed by atoms with E-state index in [9.17, 15) is 9.90 Å². The van der Waals surface area contributed by atoms with E-state index in [1.807, 2.05) is 45.0 Å². The summed E-state index contributed by atoms with van der Waals surface area (Å²) >= 11 is 0. The third kappa shape index (κ3) is 3.20. The van der Waals surface area contributed by atoms with E-state index >= 15 is 0 Å². The third-order valence-electron chi connectivity index (χ3n) is 4.22. The van der Waals surface area contributed by atoms with Crippen LogP contribution in [-0.2, 0) is 10.3 Å². The molecule has 1 aliphatic heterocycles. The number of furan rings is 1. The number of carbonyl (C=O) groups excluding carboxylic acids is 1.